The van der Waals surface area contributed by atoms with E-state index in [9.17, 15) is 14.4 Å². The number of aromatic nitrogens is 2. The summed E-state index contributed by atoms with van der Waals surface area (Å²) in [4.78, 5) is 40.3. The molecule has 2 aromatic carbocycles. The summed E-state index contributed by atoms with van der Waals surface area (Å²) in [6.07, 6.45) is 2.42. The van der Waals surface area contributed by atoms with Gasteiger partial charge in [-0.3, -0.25) is 18.7 Å². The molecule has 2 amide bonds. The Kier molecular flexibility index (Phi) is 6.58. The number of carbonyl (C=O) groups excluding carboxylic acids is 2. The zero-order valence-corrected chi connectivity index (χ0v) is 19.2. The molecular formula is C23H24Cl2N4O3. The fraction of sp³-hybridized carbons (Fsp3) is 0.348. The second-order valence-electron chi connectivity index (χ2n) is 7.94. The lowest BCUT2D eigenvalue weighted by Gasteiger charge is -2.35. The Balaban J connectivity index is 1.48. The summed E-state index contributed by atoms with van der Waals surface area (Å²) in [6.45, 7) is 0.766. The molecule has 3 aromatic rings. The number of imidazole rings is 1. The van der Waals surface area contributed by atoms with Crippen LogP contribution in [0.15, 0.2) is 47.3 Å². The first-order chi connectivity index (χ1) is 15.4. The molecule has 0 saturated carbocycles. The normalized spacial score (nSPS) is 16.3. The van der Waals surface area contributed by atoms with E-state index in [1.807, 2.05) is 24.3 Å². The number of halogens is 2. The highest BCUT2D eigenvalue weighted by Crippen LogP contribution is 2.27. The molecule has 0 spiro atoms. The molecule has 1 atom stereocenters. The Hall–Kier alpha value is -2.77. The number of hydrogen-bond donors (Lipinski definition) is 1. The Labute approximate surface area is 195 Å². The molecule has 1 unspecified atom stereocenters. The van der Waals surface area contributed by atoms with Gasteiger partial charge in [-0.05, 0) is 49.6 Å². The smallest absolute Gasteiger partial charge is 0.328 e. The predicted octanol–water partition coefficient (Wildman–Crippen LogP) is 4.06. The maximum Gasteiger partial charge on any atom is 0.328 e. The van der Waals surface area contributed by atoms with E-state index in [1.165, 1.54) is 0 Å². The van der Waals surface area contributed by atoms with Crippen LogP contribution in [0.3, 0.4) is 0 Å². The van der Waals surface area contributed by atoms with Crippen LogP contribution in [0.2, 0.25) is 10.0 Å². The number of nitrogens with zero attached hydrogens (tertiary/aromatic N) is 3. The van der Waals surface area contributed by atoms with Gasteiger partial charge in [0, 0.05) is 31.6 Å². The molecule has 9 heteroatoms. The van der Waals surface area contributed by atoms with Crippen molar-refractivity contribution in [2.45, 2.75) is 38.3 Å². The predicted molar refractivity (Wildman–Crippen MR) is 126 cm³/mol. The van der Waals surface area contributed by atoms with Crippen molar-refractivity contribution in [2.24, 2.45) is 7.05 Å². The van der Waals surface area contributed by atoms with Crippen molar-refractivity contribution in [1.82, 2.24) is 14.0 Å². The first-order valence-electron chi connectivity index (χ1n) is 10.6. The lowest BCUT2D eigenvalue weighted by Crippen LogP contribution is -2.50. The van der Waals surface area contributed by atoms with Crippen LogP contribution in [-0.4, -0.2) is 38.4 Å². The first-order valence-corrected chi connectivity index (χ1v) is 11.3. The lowest BCUT2D eigenvalue weighted by atomic mass is 10.0. The monoisotopic (exact) mass is 474 g/mol. The Morgan fingerprint density at radius 3 is 2.59 bits per heavy atom. The van der Waals surface area contributed by atoms with E-state index in [1.54, 1.807) is 39.3 Å². The van der Waals surface area contributed by atoms with E-state index in [0.717, 1.165) is 23.9 Å². The highest BCUT2D eigenvalue weighted by atomic mass is 35.5. The Morgan fingerprint density at radius 1 is 1.09 bits per heavy atom. The minimum absolute atomic E-state index is 0.138. The molecule has 1 aliphatic rings. The third-order valence-electron chi connectivity index (χ3n) is 5.92. The molecule has 1 aliphatic heterocycles. The van der Waals surface area contributed by atoms with Crippen molar-refractivity contribution in [3.8, 4) is 0 Å². The number of anilines is 1. The van der Waals surface area contributed by atoms with E-state index in [2.05, 4.69) is 5.32 Å². The fourth-order valence-electron chi connectivity index (χ4n) is 4.24. The second-order valence-corrected chi connectivity index (χ2v) is 8.79. The lowest BCUT2D eigenvalue weighted by molar-refractivity contribution is -0.140. The third kappa shape index (κ3) is 4.40. The fourth-order valence-corrected chi connectivity index (χ4v) is 4.70. The number of hydrogen-bond acceptors (Lipinski definition) is 3. The van der Waals surface area contributed by atoms with E-state index in [-0.39, 0.29) is 30.5 Å². The largest absolute Gasteiger partial charge is 0.331 e. The van der Waals surface area contributed by atoms with Crippen LogP contribution in [-0.2, 0) is 23.2 Å². The number of para-hydroxylation sites is 2. The molecule has 1 fully saturated rings. The standard InChI is InChI=1S/C23H24Cl2N4O3/c1-27-18-6-2-3-7-19(18)29(23(27)32)13-11-21(30)28-12-5-4-8-20(28)22(31)26-17-10-9-15(24)14-16(17)25/h2-3,6-7,9-10,14,20H,4-5,8,11-13H2,1H3,(H,26,31). The molecule has 32 heavy (non-hydrogen) atoms. The van der Waals surface area contributed by atoms with Crippen molar-refractivity contribution < 1.29 is 9.59 Å². The summed E-state index contributed by atoms with van der Waals surface area (Å²) in [7, 11) is 1.72. The molecular weight excluding hydrogens is 451 g/mol. The summed E-state index contributed by atoms with van der Waals surface area (Å²) >= 11 is 12.1. The van der Waals surface area contributed by atoms with Crippen LogP contribution in [0, 0.1) is 0 Å². The summed E-state index contributed by atoms with van der Waals surface area (Å²) in [5, 5.41) is 3.64. The summed E-state index contributed by atoms with van der Waals surface area (Å²) in [5.41, 5.74) is 1.91. The van der Waals surface area contributed by atoms with Crippen molar-refractivity contribution in [1.29, 1.82) is 0 Å². The van der Waals surface area contributed by atoms with Gasteiger partial charge in [0.05, 0.1) is 21.7 Å². The number of benzene rings is 2. The SMILES string of the molecule is Cn1c(=O)n(CCC(=O)N2CCCCC2C(=O)Nc2ccc(Cl)cc2Cl)c2ccccc21. The molecule has 7 nitrogen and oxygen atoms in total. The third-order valence-corrected chi connectivity index (χ3v) is 6.46. The van der Waals surface area contributed by atoms with Crippen LogP contribution in [0.25, 0.3) is 11.0 Å². The minimum atomic E-state index is -0.577. The topological polar surface area (TPSA) is 76.3 Å². The van der Waals surface area contributed by atoms with Gasteiger partial charge in [0.25, 0.3) is 0 Å². The minimum Gasteiger partial charge on any atom is -0.331 e. The van der Waals surface area contributed by atoms with Crippen molar-refractivity contribution in [3.05, 3.63) is 63.0 Å². The van der Waals surface area contributed by atoms with Gasteiger partial charge in [0.2, 0.25) is 11.8 Å². The van der Waals surface area contributed by atoms with Gasteiger partial charge in [0.1, 0.15) is 6.04 Å². The van der Waals surface area contributed by atoms with Gasteiger partial charge in [-0.25, -0.2) is 4.79 Å². The molecule has 1 aromatic heterocycles. The maximum atomic E-state index is 13.1. The highest BCUT2D eigenvalue weighted by Gasteiger charge is 2.32. The van der Waals surface area contributed by atoms with Crippen LogP contribution in [0.5, 0.6) is 0 Å². The van der Waals surface area contributed by atoms with E-state index in [4.69, 9.17) is 23.2 Å². The number of fused-ring (bicyclic) bond motifs is 1. The zero-order chi connectivity index (χ0) is 22.8. The summed E-state index contributed by atoms with van der Waals surface area (Å²) in [6, 6.07) is 11.8. The molecule has 168 valence electrons. The van der Waals surface area contributed by atoms with Crippen molar-refractivity contribution in [2.75, 3.05) is 11.9 Å². The number of likely N-dealkylation sites (tertiary alicyclic amines) is 1. The van der Waals surface area contributed by atoms with Gasteiger partial charge in [-0.2, -0.15) is 0 Å². The van der Waals surface area contributed by atoms with Crippen LogP contribution >= 0.6 is 23.2 Å². The van der Waals surface area contributed by atoms with Crippen LogP contribution in [0.1, 0.15) is 25.7 Å². The average Bonchev–Trinajstić information content (AvgIpc) is 3.04. The van der Waals surface area contributed by atoms with Crippen molar-refractivity contribution >= 4 is 51.7 Å². The molecule has 0 radical (unpaired) electrons. The van der Waals surface area contributed by atoms with Gasteiger partial charge in [-0.15, -0.1) is 0 Å². The van der Waals surface area contributed by atoms with Gasteiger partial charge >= 0.3 is 5.69 Å². The number of carbonyl (C=O) groups is 2. The van der Waals surface area contributed by atoms with E-state index >= 15 is 0 Å². The van der Waals surface area contributed by atoms with Gasteiger partial charge in [-0.1, -0.05) is 35.3 Å². The average molecular weight is 475 g/mol. The quantitative estimate of drug-likeness (QED) is 0.605. The number of aryl methyl sites for hydroxylation is 2. The second kappa shape index (κ2) is 9.38. The van der Waals surface area contributed by atoms with E-state index < -0.39 is 6.04 Å². The Bertz CT molecular complexity index is 1230. The van der Waals surface area contributed by atoms with Gasteiger partial charge in [0.15, 0.2) is 0 Å². The summed E-state index contributed by atoms with van der Waals surface area (Å²) in [5.74, 6) is -0.420. The van der Waals surface area contributed by atoms with Crippen molar-refractivity contribution in [3.63, 3.8) is 0 Å². The highest BCUT2D eigenvalue weighted by molar-refractivity contribution is 6.36. The molecule has 0 bridgehead atoms. The van der Waals surface area contributed by atoms with Crippen LogP contribution in [0.4, 0.5) is 5.69 Å². The number of piperidine rings is 1. The number of amides is 2. The molecule has 1 saturated heterocycles. The molecule has 0 aliphatic carbocycles. The Morgan fingerprint density at radius 2 is 1.84 bits per heavy atom. The first kappa shape index (κ1) is 22.4. The van der Waals surface area contributed by atoms with E-state index in [0.29, 0.717) is 28.7 Å². The van der Waals surface area contributed by atoms with Crippen LogP contribution < -0.4 is 11.0 Å². The zero-order valence-electron chi connectivity index (χ0n) is 17.7. The van der Waals surface area contributed by atoms with Gasteiger partial charge < -0.3 is 10.2 Å². The maximum absolute atomic E-state index is 13.1. The number of nitrogens with one attached hydrogen (secondary N) is 1. The molecule has 2 heterocycles. The number of rotatable bonds is 5. The molecule has 4 rings (SSSR count). The molecule has 1 N–H and O–H groups in total. The summed E-state index contributed by atoms with van der Waals surface area (Å²) < 4.78 is 3.19.